The van der Waals surface area contributed by atoms with Crippen LogP contribution in [0.25, 0.3) is 10.4 Å². The smallest absolute Gasteiger partial charge is 0.230 e. The largest absolute Gasteiger partial charge is 0.495 e. The molecule has 3 saturated carbocycles. The number of anilines is 1. The summed E-state index contributed by atoms with van der Waals surface area (Å²) in [6, 6.07) is 10.7. The first-order valence-electron chi connectivity index (χ1n) is 15.0. The molecular formula is C33H41N3O3S. The summed E-state index contributed by atoms with van der Waals surface area (Å²) in [5, 5.41) is 11.3. The van der Waals surface area contributed by atoms with E-state index in [4.69, 9.17) is 9.72 Å². The van der Waals surface area contributed by atoms with E-state index in [1.54, 1.807) is 18.4 Å². The second kappa shape index (κ2) is 12.0. The van der Waals surface area contributed by atoms with E-state index in [0.717, 1.165) is 73.3 Å². The zero-order valence-corrected chi connectivity index (χ0v) is 24.5. The highest BCUT2D eigenvalue weighted by molar-refractivity contribution is 7.15. The van der Waals surface area contributed by atoms with Crippen molar-refractivity contribution in [2.24, 2.45) is 11.8 Å². The van der Waals surface area contributed by atoms with Crippen molar-refractivity contribution in [3.63, 3.8) is 0 Å². The summed E-state index contributed by atoms with van der Waals surface area (Å²) in [6.45, 7) is 2.83. The number of methoxy groups -OCH3 is 1. The van der Waals surface area contributed by atoms with Gasteiger partial charge < -0.3 is 14.7 Å². The zero-order chi connectivity index (χ0) is 27.6. The van der Waals surface area contributed by atoms with Crippen LogP contribution in [0, 0.1) is 18.8 Å². The highest BCUT2D eigenvalue weighted by Crippen LogP contribution is 2.44. The lowest BCUT2D eigenvalue weighted by Gasteiger charge is -2.35. The molecule has 0 radical (unpaired) electrons. The molecule has 212 valence electrons. The number of ether oxygens (including phenoxy) is 1. The van der Waals surface area contributed by atoms with Crippen LogP contribution in [0.1, 0.15) is 92.3 Å². The number of carbonyl (C=O) groups is 1. The number of benzene rings is 1. The summed E-state index contributed by atoms with van der Waals surface area (Å²) in [4.78, 5) is 26.7. The van der Waals surface area contributed by atoms with Gasteiger partial charge in [-0.1, -0.05) is 12.1 Å². The second-order valence-electron chi connectivity index (χ2n) is 12.1. The topological polar surface area (TPSA) is 75.5 Å². The molecule has 6 rings (SSSR count). The van der Waals surface area contributed by atoms with Gasteiger partial charge >= 0.3 is 0 Å². The van der Waals surface area contributed by atoms with Crippen LogP contribution in [0.3, 0.4) is 0 Å². The predicted octanol–water partition coefficient (Wildman–Crippen LogP) is 7.26. The maximum absolute atomic E-state index is 14.0. The Hall–Kier alpha value is -2.77. The third kappa shape index (κ3) is 6.10. The Kier molecular flexibility index (Phi) is 8.22. The Balaban J connectivity index is 1.19. The molecule has 3 aromatic rings. The molecule has 3 fully saturated rings. The Bertz CT molecular complexity index is 1320. The quantitative estimate of drug-likeness (QED) is 0.314. The van der Waals surface area contributed by atoms with Gasteiger partial charge in [0, 0.05) is 41.9 Å². The number of amides is 1. The monoisotopic (exact) mass is 559 g/mol. The first-order valence-corrected chi connectivity index (χ1v) is 15.9. The lowest BCUT2D eigenvalue weighted by Crippen LogP contribution is -2.41. The number of hydrogen-bond acceptors (Lipinski definition) is 6. The van der Waals surface area contributed by atoms with E-state index < -0.39 is 0 Å². The van der Waals surface area contributed by atoms with Crippen molar-refractivity contribution in [2.75, 3.05) is 18.6 Å². The van der Waals surface area contributed by atoms with Gasteiger partial charge in [0.25, 0.3) is 0 Å². The minimum atomic E-state index is -0.265. The van der Waals surface area contributed by atoms with Gasteiger partial charge in [0.05, 0.1) is 29.3 Å². The third-order valence-electron chi connectivity index (χ3n) is 9.21. The Morgan fingerprint density at radius 2 is 1.73 bits per heavy atom. The van der Waals surface area contributed by atoms with Gasteiger partial charge in [-0.2, -0.15) is 0 Å². The zero-order valence-electron chi connectivity index (χ0n) is 23.7. The average molecular weight is 560 g/mol. The van der Waals surface area contributed by atoms with Crippen molar-refractivity contribution in [1.82, 2.24) is 9.97 Å². The van der Waals surface area contributed by atoms with Crippen LogP contribution in [0.15, 0.2) is 42.7 Å². The summed E-state index contributed by atoms with van der Waals surface area (Å²) >= 11 is 1.79. The van der Waals surface area contributed by atoms with Crippen molar-refractivity contribution in [1.29, 1.82) is 0 Å². The Morgan fingerprint density at radius 3 is 2.42 bits per heavy atom. The van der Waals surface area contributed by atoms with E-state index in [1.165, 1.54) is 22.7 Å². The molecule has 1 amide bonds. The summed E-state index contributed by atoms with van der Waals surface area (Å²) < 4.78 is 5.40. The highest BCUT2D eigenvalue weighted by atomic mass is 32.1. The number of hydrogen-bond donors (Lipinski definition) is 1. The molecule has 2 aromatic heterocycles. The van der Waals surface area contributed by atoms with Gasteiger partial charge in [0.2, 0.25) is 5.91 Å². The van der Waals surface area contributed by atoms with Gasteiger partial charge in [-0.15, -0.1) is 11.3 Å². The third-order valence-corrected chi connectivity index (χ3v) is 10.4. The normalized spacial score (nSPS) is 25.0. The molecule has 40 heavy (non-hydrogen) atoms. The van der Waals surface area contributed by atoms with Gasteiger partial charge in [-0.25, -0.2) is 4.98 Å². The predicted molar refractivity (Wildman–Crippen MR) is 160 cm³/mol. The fourth-order valence-electron chi connectivity index (χ4n) is 6.53. The maximum Gasteiger partial charge on any atom is 0.230 e. The van der Waals surface area contributed by atoms with Gasteiger partial charge in [-0.3, -0.25) is 9.78 Å². The first kappa shape index (κ1) is 27.4. The standard InChI is InChI=1S/C33H41N3O3S/c1-21-16-29(34-18-30(21)39-2)23-8-6-22(7-9-23)20-36(33(38)25-12-14-28(37)15-13-25)27-5-3-4-26(17-27)31-19-35-32(40-31)24-10-11-24/h3-5,16-19,22-25,28,37H,6-15,20H2,1-2H3. The molecule has 3 aliphatic carbocycles. The van der Waals surface area contributed by atoms with E-state index in [9.17, 15) is 9.90 Å². The number of aromatic nitrogens is 2. The highest BCUT2D eigenvalue weighted by Gasteiger charge is 2.33. The van der Waals surface area contributed by atoms with E-state index >= 15 is 0 Å². The minimum Gasteiger partial charge on any atom is -0.495 e. The summed E-state index contributed by atoms with van der Waals surface area (Å²) in [5.41, 5.74) is 4.43. The number of rotatable bonds is 8. The molecule has 1 N–H and O–H groups in total. The van der Waals surface area contributed by atoms with Crippen LogP contribution in [0.5, 0.6) is 5.75 Å². The number of nitrogens with zero attached hydrogens (tertiary/aromatic N) is 3. The van der Waals surface area contributed by atoms with E-state index in [0.29, 0.717) is 30.6 Å². The first-order chi connectivity index (χ1) is 19.5. The molecule has 0 aliphatic heterocycles. The number of aryl methyl sites for hydroxylation is 1. The molecule has 0 bridgehead atoms. The summed E-state index contributed by atoms with van der Waals surface area (Å²) in [5.74, 6) is 2.61. The molecule has 2 heterocycles. The minimum absolute atomic E-state index is 0.0141. The van der Waals surface area contributed by atoms with Crippen LogP contribution >= 0.6 is 11.3 Å². The molecule has 0 unspecified atom stereocenters. The van der Waals surface area contributed by atoms with Gasteiger partial charge in [0.15, 0.2) is 0 Å². The number of aliphatic hydroxyl groups excluding tert-OH is 1. The molecule has 7 heteroatoms. The Morgan fingerprint density at radius 1 is 0.975 bits per heavy atom. The van der Waals surface area contributed by atoms with Crippen molar-refractivity contribution in [3.8, 4) is 16.2 Å². The summed E-state index contributed by atoms with van der Waals surface area (Å²) in [7, 11) is 1.69. The molecule has 0 saturated heterocycles. The molecule has 0 atom stereocenters. The second-order valence-corrected chi connectivity index (χ2v) is 13.2. The van der Waals surface area contributed by atoms with E-state index in [-0.39, 0.29) is 17.9 Å². The molecule has 1 aromatic carbocycles. The maximum atomic E-state index is 14.0. The van der Waals surface area contributed by atoms with Crippen LogP contribution in [0.4, 0.5) is 5.69 Å². The van der Waals surface area contributed by atoms with E-state index in [2.05, 4.69) is 47.1 Å². The number of carbonyl (C=O) groups excluding carboxylic acids is 1. The lowest BCUT2D eigenvalue weighted by molar-refractivity contribution is -0.124. The van der Waals surface area contributed by atoms with Crippen molar-refractivity contribution in [3.05, 3.63) is 59.0 Å². The van der Waals surface area contributed by atoms with Crippen LogP contribution in [0.2, 0.25) is 0 Å². The Labute approximate surface area is 241 Å². The molecular weight excluding hydrogens is 518 g/mol. The van der Waals surface area contributed by atoms with Gasteiger partial charge in [0.1, 0.15) is 5.75 Å². The molecule has 0 spiro atoms. The molecule has 3 aliphatic rings. The SMILES string of the molecule is COc1cnc(C2CCC(CN(C(=O)C3CCC(O)CC3)c3cccc(-c4cnc(C5CC5)s4)c3)CC2)cc1C. The average Bonchev–Trinajstić information content (AvgIpc) is 3.72. The van der Waals surface area contributed by atoms with Crippen molar-refractivity contribution >= 4 is 22.9 Å². The van der Waals surface area contributed by atoms with Crippen LogP contribution in [-0.4, -0.2) is 40.7 Å². The lowest BCUT2D eigenvalue weighted by atomic mass is 9.79. The van der Waals surface area contributed by atoms with Crippen LogP contribution < -0.4 is 9.64 Å². The van der Waals surface area contributed by atoms with Gasteiger partial charge in [-0.05, 0) is 106 Å². The molecule has 6 nitrogen and oxygen atoms in total. The number of pyridine rings is 1. The number of thiazole rings is 1. The fourth-order valence-corrected chi connectivity index (χ4v) is 7.62. The van der Waals surface area contributed by atoms with Crippen LogP contribution in [-0.2, 0) is 4.79 Å². The fraction of sp³-hybridized carbons (Fsp3) is 0.545. The van der Waals surface area contributed by atoms with Crippen molar-refractivity contribution < 1.29 is 14.6 Å². The van der Waals surface area contributed by atoms with E-state index in [1.807, 2.05) is 12.4 Å². The van der Waals surface area contributed by atoms with Crippen molar-refractivity contribution in [2.45, 2.75) is 89.1 Å². The number of aliphatic hydroxyl groups is 1. The summed E-state index contributed by atoms with van der Waals surface area (Å²) in [6.07, 6.45) is 13.4.